The van der Waals surface area contributed by atoms with Gasteiger partial charge in [-0.1, -0.05) is 45.9 Å². The van der Waals surface area contributed by atoms with E-state index in [2.05, 4.69) is 68.0 Å². The Morgan fingerprint density at radius 2 is 1.77 bits per heavy atom. The normalized spacial score (nSPS) is 12.1. The standard InChI is InChI=1S/C29H36N2O4/c1-19(2)29(20(3)4)31-15-14-23-18-22(12-13-25(23)31)21(5)17-27(32)30-24-9-6-7-10-26(24)35-16-8-11-28(33)34/h6-7,9-10,12-15,17-20,29H,8,11,16H2,1-5H3,(H,30,32)(H,33,34)/b21-17+. The second-order valence-electron chi connectivity index (χ2n) is 9.63. The third-order valence-electron chi connectivity index (χ3n) is 6.15. The van der Waals surface area contributed by atoms with Crippen LogP contribution in [-0.2, 0) is 9.59 Å². The van der Waals surface area contributed by atoms with Gasteiger partial charge in [-0.05, 0) is 66.6 Å². The lowest BCUT2D eigenvalue weighted by Gasteiger charge is -2.27. The number of allylic oxidation sites excluding steroid dienone is 1. The van der Waals surface area contributed by atoms with Gasteiger partial charge in [0, 0.05) is 35.6 Å². The number of nitrogens with one attached hydrogen (secondary N) is 1. The van der Waals surface area contributed by atoms with Crippen LogP contribution in [0, 0.1) is 11.8 Å². The molecule has 0 bridgehead atoms. The van der Waals surface area contributed by atoms with Crippen molar-refractivity contribution in [3.8, 4) is 5.75 Å². The summed E-state index contributed by atoms with van der Waals surface area (Å²) in [4.78, 5) is 23.4. The Bertz CT molecular complexity index is 1200. The van der Waals surface area contributed by atoms with E-state index in [1.54, 1.807) is 18.2 Å². The van der Waals surface area contributed by atoms with Crippen LogP contribution in [-0.4, -0.2) is 28.2 Å². The van der Waals surface area contributed by atoms with Crippen LogP contribution in [0.2, 0.25) is 0 Å². The molecule has 0 unspecified atom stereocenters. The van der Waals surface area contributed by atoms with Crippen LogP contribution in [0.15, 0.2) is 60.8 Å². The number of amides is 1. The van der Waals surface area contributed by atoms with E-state index >= 15 is 0 Å². The molecule has 0 radical (unpaired) electrons. The maximum Gasteiger partial charge on any atom is 0.303 e. The molecule has 35 heavy (non-hydrogen) atoms. The average Bonchev–Trinajstić information content (AvgIpc) is 3.19. The van der Waals surface area contributed by atoms with Crippen molar-refractivity contribution in [3.63, 3.8) is 0 Å². The monoisotopic (exact) mass is 476 g/mol. The van der Waals surface area contributed by atoms with Crippen molar-refractivity contribution in [2.24, 2.45) is 11.8 Å². The SMILES string of the molecule is C/C(=C\C(=O)Nc1ccccc1OCCCC(=O)O)c1ccc2c(ccn2C(C(C)C)C(C)C)c1. The van der Waals surface area contributed by atoms with Crippen LogP contribution < -0.4 is 10.1 Å². The Labute approximate surface area is 207 Å². The van der Waals surface area contributed by atoms with Crippen molar-refractivity contribution in [1.29, 1.82) is 0 Å². The number of aliphatic carboxylic acids is 1. The summed E-state index contributed by atoms with van der Waals surface area (Å²) in [6.07, 6.45) is 4.19. The third kappa shape index (κ3) is 6.75. The number of aromatic nitrogens is 1. The first-order valence-corrected chi connectivity index (χ1v) is 12.2. The van der Waals surface area contributed by atoms with E-state index in [1.807, 2.05) is 19.1 Å². The topological polar surface area (TPSA) is 80.6 Å². The zero-order valence-corrected chi connectivity index (χ0v) is 21.2. The molecular formula is C29H36N2O4. The number of rotatable bonds is 11. The summed E-state index contributed by atoms with van der Waals surface area (Å²) in [7, 11) is 0. The number of carbonyl (C=O) groups excluding carboxylic acids is 1. The summed E-state index contributed by atoms with van der Waals surface area (Å²) in [5, 5.41) is 12.8. The minimum atomic E-state index is -0.856. The van der Waals surface area contributed by atoms with E-state index in [4.69, 9.17) is 9.84 Å². The van der Waals surface area contributed by atoms with E-state index in [0.29, 0.717) is 35.7 Å². The number of fused-ring (bicyclic) bond motifs is 1. The number of anilines is 1. The lowest BCUT2D eigenvalue weighted by Crippen LogP contribution is -2.19. The molecule has 2 aromatic carbocycles. The van der Waals surface area contributed by atoms with Gasteiger partial charge in [0.05, 0.1) is 12.3 Å². The molecule has 0 spiro atoms. The van der Waals surface area contributed by atoms with E-state index < -0.39 is 5.97 Å². The van der Waals surface area contributed by atoms with Crippen molar-refractivity contribution in [1.82, 2.24) is 4.57 Å². The first kappa shape index (κ1) is 26.1. The molecule has 0 saturated carbocycles. The van der Waals surface area contributed by atoms with Crippen molar-refractivity contribution in [2.75, 3.05) is 11.9 Å². The summed E-state index contributed by atoms with van der Waals surface area (Å²) in [5.74, 6) is 0.468. The fourth-order valence-electron chi connectivity index (χ4n) is 4.63. The van der Waals surface area contributed by atoms with Crippen LogP contribution >= 0.6 is 0 Å². The highest BCUT2D eigenvalue weighted by atomic mass is 16.5. The summed E-state index contributed by atoms with van der Waals surface area (Å²) in [6, 6.07) is 16.0. The molecule has 1 amide bonds. The van der Waals surface area contributed by atoms with Crippen LogP contribution in [0.3, 0.4) is 0 Å². The van der Waals surface area contributed by atoms with Gasteiger partial charge in [0.15, 0.2) is 0 Å². The lowest BCUT2D eigenvalue weighted by atomic mass is 9.93. The summed E-state index contributed by atoms with van der Waals surface area (Å²) < 4.78 is 8.05. The number of nitrogens with zero attached hydrogens (tertiary/aromatic N) is 1. The highest BCUT2D eigenvalue weighted by Gasteiger charge is 2.20. The maximum absolute atomic E-state index is 12.7. The zero-order chi connectivity index (χ0) is 25.5. The highest BCUT2D eigenvalue weighted by molar-refractivity contribution is 6.04. The Kier molecular flexibility index (Phi) is 8.74. The Morgan fingerprint density at radius 1 is 1.06 bits per heavy atom. The molecule has 1 aromatic heterocycles. The molecule has 1 heterocycles. The number of carboxylic acids is 1. The molecule has 6 heteroatoms. The van der Waals surface area contributed by atoms with Crippen LogP contribution in [0.25, 0.3) is 16.5 Å². The zero-order valence-electron chi connectivity index (χ0n) is 21.2. The van der Waals surface area contributed by atoms with Gasteiger partial charge in [0.1, 0.15) is 5.75 Å². The fourth-order valence-corrected chi connectivity index (χ4v) is 4.63. The number of hydrogen-bond acceptors (Lipinski definition) is 3. The number of hydrogen-bond donors (Lipinski definition) is 2. The largest absolute Gasteiger partial charge is 0.491 e. The number of ether oxygens (including phenoxy) is 1. The van der Waals surface area contributed by atoms with Crippen LogP contribution in [0.5, 0.6) is 5.75 Å². The van der Waals surface area contributed by atoms with Gasteiger partial charge in [0.2, 0.25) is 5.91 Å². The van der Waals surface area contributed by atoms with Crippen LogP contribution in [0.4, 0.5) is 5.69 Å². The molecule has 6 nitrogen and oxygen atoms in total. The molecule has 186 valence electrons. The predicted octanol–water partition coefficient (Wildman–Crippen LogP) is 6.78. The average molecular weight is 477 g/mol. The highest BCUT2D eigenvalue weighted by Crippen LogP contribution is 2.32. The van der Waals surface area contributed by atoms with Gasteiger partial charge < -0.3 is 19.7 Å². The van der Waals surface area contributed by atoms with Crippen molar-refractivity contribution >= 4 is 34.0 Å². The third-order valence-corrected chi connectivity index (χ3v) is 6.15. The smallest absolute Gasteiger partial charge is 0.303 e. The van der Waals surface area contributed by atoms with Crippen molar-refractivity contribution < 1.29 is 19.4 Å². The maximum atomic E-state index is 12.7. The Morgan fingerprint density at radius 3 is 2.46 bits per heavy atom. The number of para-hydroxylation sites is 2. The number of carbonyl (C=O) groups is 2. The second-order valence-corrected chi connectivity index (χ2v) is 9.63. The molecule has 3 aromatic rings. The summed E-state index contributed by atoms with van der Waals surface area (Å²) in [5.41, 5.74) is 3.61. The van der Waals surface area contributed by atoms with Gasteiger partial charge in [-0.3, -0.25) is 9.59 Å². The number of benzene rings is 2. The fraction of sp³-hybridized carbons (Fsp3) is 0.379. The predicted molar refractivity (Wildman–Crippen MR) is 142 cm³/mol. The molecule has 0 aliphatic heterocycles. The first-order chi connectivity index (χ1) is 16.7. The molecule has 3 rings (SSSR count). The van der Waals surface area contributed by atoms with Gasteiger partial charge in [-0.15, -0.1) is 0 Å². The molecule has 0 aliphatic carbocycles. The molecule has 0 atom stereocenters. The first-order valence-electron chi connectivity index (χ1n) is 12.2. The van der Waals surface area contributed by atoms with E-state index in [9.17, 15) is 9.59 Å². The Hall–Kier alpha value is -3.54. The second kappa shape index (κ2) is 11.7. The van der Waals surface area contributed by atoms with Gasteiger partial charge in [-0.2, -0.15) is 0 Å². The minimum Gasteiger partial charge on any atom is -0.491 e. The van der Waals surface area contributed by atoms with E-state index in [-0.39, 0.29) is 18.9 Å². The Balaban J connectivity index is 1.74. The number of carboxylic acid groups (broad SMARTS) is 1. The van der Waals surface area contributed by atoms with E-state index in [1.165, 1.54) is 5.52 Å². The van der Waals surface area contributed by atoms with Gasteiger partial charge in [-0.25, -0.2) is 0 Å². The lowest BCUT2D eigenvalue weighted by molar-refractivity contribution is -0.137. The molecule has 0 fully saturated rings. The van der Waals surface area contributed by atoms with Gasteiger partial charge >= 0.3 is 5.97 Å². The van der Waals surface area contributed by atoms with Crippen LogP contribution in [0.1, 0.15) is 59.1 Å². The van der Waals surface area contributed by atoms with Crippen molar-refractivity contribution in [3.05, 3.63) is 66.4 Å². The van der Waals surface area contributed by atoms with Gasteiger partial charge in [0.25, 0.3) is 0 Å². The molecule has 2 N–H and O–H groups in total. The molecule has 0 saturated heterocycles. The summed E-state index contributed by atoms with van der Waals surface area (Å²) in [6.45, 7) is 11.2. The summed E-state index contributed by atoms with van der Waals surface area (Å²) >= 11 is 0. The van der Waals surface area contributed by atoms with E-state index in [0.717, 1.165) is 16.5 Å². The minimum absolute atomic E-state index is 0.0415. The quantitative estimate of drug-likeness (QED) is 0.236. The van der Waals surface area contributed by atoms with Crippen molar-refractivity contribution in [2.45, 2.75) is 53.5 Å². The molecule has 0 aliphatic rings. The molecular weight excluding hydrogens is 440 g/mol.